The van der Waals surface area contributed by atoms with Crippen LogP contribution in [-0.2, 0) is 16.1 Å². The first kappa shape index (κ1) is 31.1. The summed E-state index contributed by atoms with van der Waals surface area (Å²) in [5.41, 5.74) is 8.70. The number of rotatable bonds is 13. The van der Waals surface area contributed by atoms with E-state index < -0.39 is 0 Å². The molecule has 41 heavy (non-hydrogen) atoms. The molecule has 0 saturated heterocycles. The Labute approximate surface area is 251 Å². The summed E-state index contributed by atoms with van der Waals surface area (Å²) >= 11 is 8.22. The minimum absolute atomic E-state index is 0.0347. The molecule has 1 aliphatic rings. The molecule has 222 valence electrons. The number of unbranched alkanes of at least 4 members (excludes halogenated alkanes) is 3. The molecule has 10 heteroatoms. The maximum atomic E-state index is 13.7. The van der Waals surface area contributed by atoms with E-state index in [-0.39, 0.29) is 36.2 Å². The average molecular weight is 600 g/mol. The Bertz CT molecular complexity index is 1330. The third kappa shape index (κ3) is 7.70. The van der Waals surface area contributed by atoms with Crippen molar-refractivity contribution < 1.29 is 14.4 Å². The monoisotopic (exact) mass is 599 g/mol. The lowest BCUT2D eigenvalue weighted by molar-refractivity contribution is -0.126. The van der Waals surface area contributed by atoms with E-state index in [0.29, 0.717) is 51.0 Å². The summed E-state index contributed by atoms with van der Waals surface area (Å²) in [5, 5.41) is 5.03. The van der Waals surface area contributed by atoms with Crippen LogP contribution in [0.25, 0.3) is 10.2 Å². The number of carbonyl (C=O) groups is 3. The summed E-state index contributed by atoms with van der Waals surface area (Å²) in [5.74, 6) is -0.366. The van der Waals surface area contributed by atoms with Crippen LogP contribution in [0.1, 0.15) is 74.3 Å². The molecule has 0 bridgehead atoms. The first-order valence-corrected chi connectivity index (χ1v) is 16.0. The molecule has 8 nitrogen and oxygen atoms in total. The van der Waals surface area contributed by atoms with Gasteiger partial charge in [0.25, 0.3) is 5.91 Å². The highest BCUT2D eigenvalue weighted by Gasteiger charge is 2.33. The molecule has 0 spiro atoms. The van der Waals surface area contributed by atoms with Gasteiger partial charge in [-0.1, -0.05) is 25.0 Å². The lowest BCUT2D eigenvalue weighted by Gasteiger charge is -2.32. The molecule has 0 aliphatic heterocycles. The second kappa shape index (κ2) is 14.8. The number of benzene rings is 1. The van der Waals surface area contributed by atoms with Crippen molar-refractivity contribution in [1.82, 2.24) is 14.3 Å². The summed E-state index contributed by atoms with van der Waals surface area (Å²) in [6, 6.07) is 11.5. The molecule has 4 rings (SSSR count). The number of thiophene rings is 1. The molecule has 1 fully saturated rings. The number of amides is 3. The normalized spacial score (nSPS) is 17.0. The number of fused-ring (bicyclic) bond motifs is 1. The molecular weight excluding hydrogens is 558 g/mol. The van der Waals surface area contributed by atoms with Gasteiger partial charge in [0.05, 0.1) is 10.2 Å². The Morgan fingerprint density at radius 1 is 1.07 bits per heavy atom. The predicted molar refractivity (Wildman–Crippen MR) is 167 cm³/mol. The molecule has 0 unspecified atom stereocenters. The topological polar surface area (TPSA) is 101 Å². The van der Waals surface area contributed by atoms with Crippen LogP contribution in [0.2, 0.25) is 0 Å². The fraction of sp³-hybridized carbons (Fsp3) is 0.516. The van der Waals surface area contributed by atoms with E-state index in [2.05, 4.69) is 5.32 Å². The minimum atomic E-state index is -0.313. The fourth-order valence-corrected chi connectivity index (χ4v) is 6.77. The van der Waals surface area contributed by atoms with E-state index in [0.717, 1.165) is 47.2 Å². The summed E-state index contributed by atoms with van der Waals surface area (Å²) in [7, 11) is 0. The Morgan fingerprint density at radius 3 is 2.54 bits per heavy atom. The first-order valence-electron chi connectivity index (χ1n) is 14.7. The zero-order valence-corrected chi connectivity index (χ0v) is 25.7. The Morgan fingerprint density at radius 2 is 1.83 bits per heavy atom. The van der Waals surface area contributed by atoms with Crippen LogP contribution in [0.15, 0.2) is 41.8 Å². The van der Waals surface area contributed by atoms with Gasteiger partial charge in [-0.3, -0.25) is 14.4 Å². The number of halogens is 1. The van der Waals surface area contributed by atoms with Crippen molar-refractivity contribution in [2.75, 3.05) is 24.5 Å². The molecule has 0 radical (unpaired) electrons. The number of likely N-dealkylation sites (N-methyl/N-ethyl adjacent to an activating group) is 1. The summed E-state index contributed by atoms with van der Waals surface area (Å²) < 4.78 is 4.02. The van der Waals surface area contributed by atoms with Crippen molar-refractivity contribution >= 4 is 56.7 Å². The quantitative estimate of drug-likeness (QED) is 0.190. The molecule has 0 atom stereocenters. The third-order valence-corrected chi connectivity index (χ3v) is 9.26. The molecule has 2 aromatic heterocycles. The van der Waals surface area contributed by atoms with Gasteiger partial charge in [0.2, 0.25) is 11.8 Å². The number of carbonyl (C=O) groups excluding carboxylic acids is 3. The van der Waals surface area contributed by atoms with Gasteiger partial charge < -0.3 is 20.5 Å². The second-order valence-electron chi connectivity index (χ2n) is 10.9. The summed E-state index contributed by atoms with van der Waals surface area (Å²) in [6.07, 6.45) is 6.86. The van der Waals surface area contributed by atoms with E-state index in [9.17, 15) is 14.4 Å². The summed E-state index contributed by atoms with van der Waals surface area (Å²) in [6.45, 7) is 5.90. The van der Waals surface area contributed by atoms with Gasteiger partial charge in [-0.05, 0) is 94.1 Å². The van der Waals surface area contributed by atoms with E-state index >= 15 is 0 Å². The van der Waals surface area contributed by atoms with E-state index in [4.69, 9.17) is 17.5 Å². The van der Waals surface area contributed by atoms with Crippen molar-refractivity contribution in [1.29, 1.82) is 0 Å². The molecule has 1 aromatic carbocycles. The van der Waals surface area contributed by atoms with Gasteiger partial charge in [0.15, 0.2) is 0 Å². The van der Waals surface area contributed by atoms with Crippen LogP contribution in [0.3, 0.4) is 0 Å². The van der Waals surface area contributed by atoms with Gasteiger partial charge in [0.1, 0.15) is 12.2 Å². The maximum Gasteiger partial charge on any atom is 0.285 e. The van der Waals surface area contributed by atoms with E-state index in [1.54, 1.807) is 9.47 Å². The Hall–Kier alpha value is -2.88. The number of anilines is 1. The Balaban J connectivity index is 1.38. The SMILES string of the molecule is CCN(C(=O)Cn1c(C(=O)N(Cl)C2CCC(C(=O)NCCCCCCN)CC2)cc2sccc21)c1cccc(C)c1. The van der Waals surface area contributed by atoms with Gasteiger partial charge in [-0.25, -0.2) is 4.42 Å². The van der Waals surface area contributed by atoms with Crippen LogP contribution in [-0.4, -0.2) is 52.4 Å². The highest BCUT2D eigenvalue weighted by molar-refractivity contribution is 7.17. The number of nitrogens with zero attached hydrogens (tertiary/aromatic N) is 3. The van der Waals surface area contributed by atoms with E-state index in [1.807, 2.05) is 55.6 Å². The number of hydrogen-bond acceptors (Lipinski definition) is 5. The highest BCUT2D eigenvalue weighted by Crippen LogP contribution is 2.32. The lowest BCUT2D eigenvalue weighted by Crippen LogP contribution is -2.40. The number of nitrogens with two attached hydrogens (primary N) is 1. The zero-order chi connectivity index (χ0) is 29.4. The van der Waals surface area contributed by atoms with Crippen molar-refractivity contribution in [3.63, 3.8) is 0 Å². The molecule has 3 amide bonds. The number of hydrogen-bond donors (Lipinski definition) is 2. The number of aromatic nitrogens is 1. The van der Waals surface area contributed by atoms with Crippen molar-refractivity contribution in [3.05, 3.63) is 53.0 Å². The fourth-order valence-electron chi connectivity index (χ4n) is 5.66. The molecule has 1 saturated carbocycles. The first-order chi connectivity index (χ1) is 19.8. The molecule has 1 aliphatic carbocycles. The minimum Gasteiger partial charge on any atom is -0.356 e. The van der Waals surface area contributed by atoms with E-state index in [1.165, 1.54) is 15.8 Å². The predicted octanol–water partition coefficient (Wildman–Crippen LogP) is 5.85. The van der Waals surface area contributed by atoms with Gasteiger partial charge in [-0.2, -0.15) is 0 Å². The zero-order valence-electron chi connectivity index (χ0n) is 24.1. The van der Waals surface area contributed by atoms with Crippen LogP contribution in [0, 0.1) is 12.8 Å². The molecule has 3 aromatic rings. The lowest BCUT2D eigenvalue weighted by atomic mass is 9.85. The maximum absolute atomic E-state index is 13.7. The smallest absolute Gasteiger partial charge is 0.285 e. The van der Waals surface area contributed by atoms with Crippen molar-refractivity contribution in [2.45, 2.75) is 77.8 Å². The van der Waals surface area contributed by atoms with Crippen LogP contribution in [0.5, 0.6) is 0 Å². The van der Waals surface area contributed by atoms with Gasteiger partial charge in [0, 0.05) is 42.5 Å². The molecule has 3 N–H and O–H groups in total. The molecular formula is C31H42ClN5O3S. The van der Waals surface area contributed by atoms with Gasteiger partial charge >= 0.3 is 0 Å². The van der Waals surface area contributed by atoms with Crippen molar-refractivity contribution in [2.24, 2.45) is 11.7 Å². The standard InChI is InChI=1S/C31H42ClN5O3S/c1-3-35(25-10-8-9-22(2)19-25)29(38)21-36-26-15-18-41-28(26)20-27(36)31(40)37(32)24-13-11-23(12-14-24)30(39)34-17-7-5-4-6-16-33/h8-10,15,18-20,23-24H,3-7,11-14,16-17,21,33H2,1-2H3,(H,34,39). The largest absolute Gasteiger partial charge is 0.356 e. The average Bonchev–Trinajstić information content (AvgIpc) is 3.57. The van der Waals surface area contributed by atoms with Crippen LogP contribution < -0.4 is 16.0 Å². The third-order valence-electron chi connectivity index (χ3n) is 7.98. The summed E-state index contributed by atoms with van der Waals surface area (Å²) in [4.78, 5) is 41.6. The Kier molecular flexibility index (Phi) is 11.2. The van der Waals surface area contributed by atoms with Crippen LogP contribution in [0.4, 0.5) is 5.69 Å². The van der Waals surface area contributed by atoms with Crippen molar-refractivity contribution in [3.8, 4) is 0 Å². The van der Waals surface area contributed by atoms with Crippen LogP contribution >= 0.6 is 23.1 Å². The highest BCUT2D eigenvalue weighted by atomic mass is 35.5. The number of aryl methyl sites for hydroxylation is 1. The molecule has 2 heterocycles. The van der Waals surface area contributed by atoms with Gasteiger partial charge in [-0.15, -0.1) is 11.3 Å². The second-order valence-corrected chi connectivity index (χ2v) is 12.2. The number of nitrogens with one attached hydrogen (secondary N) is 1.